The highest BCUT2D eigenvalue weighted by atomic mass is 16.8. The predicted molar refractivity (Wildman–Crippen MR) is 171 cm³/mol. The molecule has 15 atom stereocenters. The Morgan fingerprint density at radius 1 is 0.679 bits per heavy atom. The smallest absolute Gasteiger partial charge is 0.239 e. The third-order valence-corrected chi connectivity index (χ3v) is 9.30. The van der Waals surface area contributed by atoms with Crippen molar-refractivity contribution in [2.45, 2.75) is 99.0 Å². The van der Waals surface area contributed by atoms with Crippen LogP contribution in [-0.4, -0.2) is 167 Å². The topological polar surface area (TPSA) is 328 Å². The molecular formula is C33H40O20. The molecule has 292 valence electrons. The van der Waals surface area contributed by atoms with Crippen LogP contribution in [0.15, 0.2) is 45.6 Å². The molecular weight excluding hydrogens is 716 g/mol. The zero-order valence-electron chi connectivity index (χ0n) is 27.7. The highest BCUT2D eigenvalue weighted by Gasteiger charge is 2.52. The maximum Gasteiger partial charge on any atom is 0.239 e. The number of benzene rings is 2. The number of phenolic OH excluding ortho intramolecular Hbond substituents is 3. The first-order valence-electron chi connectivity index (χ1n) is 16.4. The second kappa shape index (κ2) is 15.6. The van der Waals surface area contributed by atoms with Crippen LogP contribution in [0.5, 0.6) is 23.0 Å². The Morgan fingerprint density at radius 3 is 1.98 bits per heavy atom. The first kappa shape index (κ1) is 39.0. The van der Waals surface area contributed by atoms with Gasteiger partial charge in [-0.2, -0.15) is 0 Å². The van der Waals surface area contributed by atoms with E-state index in [4.69, 9.17) is 32.8 Å². The van der Waals surface area contributed by atoms with Gasteiger partial charge in [-0.15, -0.1) is 0 Å². The Balaban J connectivity index is 1.38. The Morgan fingerprint density at radius 2 is 1.30 bits per heavy atom. The monoisotopic (exact) mass is 756 g/mol. The van der Waals surface area contributed by atoms with Crippen molar-refractivity contribution in [1.82, 2.24) is 0 Å². The molecule has 3 aromatic rings. The zero-order valence-corrected chi connectivity index (χ0v) is 27.7. The van der Waals surface area contributed by atoms with E-state index in [1.807, 2.05) is 0 Å². The normalized spacial score (nSPS) is 37.8. The van der Waals surface area contributed by atoms with Gasteiger partial charge in [-0.05, 0) is 31.2 Å². The summed E-state index contributed by atoms with van der Waals surface area (Å²) in [6.07, 6.45) is -26.0. The first-order valence-corrected chi connectivity index (χ1v) is 16.4. The molecule has 4 heterocycles. The van der Waals surface area contributed by atoms with E-state index >= 15 is 0 Å². The van der Waals surface area contributed by atoms with Gasteiger partial charge in [-0.3, -0.25) is 4.79 Å². The number of aliphatic hydroxyl groups excluding tert-OH is 9. The maximum atomic E-state index is 14.0. The minimum absolute atomic E-state index is 0.118. The molecule has 20 nitrogen and oxygen atoms in total. The van der Waals surface area contributed by atoms with Crippen molar-refractivity contribution in [2.24, 2.45) is 0 Å². The van der Waals surface area contributed by atoms with E-state index in [2.05, 4.69) is 0 Å². The lowest BCUT2D eigenvalue weighted by Gasteiger charge is -2.46. The summed E-state index contributed by atoms with van der Waals surface area (Å²) in [5, 5.41) is 124. The van der Waals surface area contributed by atoms with Gasteiger partial charge < -0.3 is 94.1 Å². The summed E-state index contributed by atoms with van der Waals surface area (Å²) in [4.78, 5) is 14.0. The lowest BCUT2D eigenvalue weighted by molar-refractivity contribution is -0.360. The van der Waals surface area contributed by atoms with Crippen LogP contribution >= 0.6 is 0 Å². The van der Waals surface area contributed by atoms with Crippen LogP contribution in [0.3, 0.4) is 0 Å². The molecule has 0 amide bonds. The van der Waals surface area contributed by atoms with E-state index in [0.717, 1.165) is 12.1 Å². The Hall–Kier alpha value is -3.71. The fraction of sp³-hybridized carbons (Fsp3) is 0.545. The largest absolute Gasteiger partial charge is 0.508 e. The van der Waals surface area contributed by atoms with Crippen molar-refractivity contribution < 1.29 is 94.1 Å². The molecule has 3 aliphatic rings. The molecule has 3 fully saturated rings. The van der Waals surface area contributed by atoms with Crippen molar-refractivity contribution in [2.75, 3.05) is 13.2 Å². The van der Waals surface area contributed by atoms with Crippen LogP contribution in [0, 0.1) is 0 Å². The van der Waals surface area contributed by atoms with Crippen LogP contribution in [0.25, 0.3) is 22.3 Å². The van der Waals surface area contributed by atoms with E-state index in [0.29, 0.717) is 0 Å². The van der Waals surface area contributed by atoms with Gasteiger partial charge in [0.25, 0.3) is 0 Å². The summed E-state index contributed by atoms with van der Waals surface area (Å²) >= 11 is 0. The minimum atomic E-state index is -2.04. The average molecular weight is 757 g/mol. The highest BCUT2D eigenvalue weighted by Crippen LogP contribution is 2.38. The number of aromatic hydroxyl groups is 3. The van der Waals surface area contributed by atoms with Crippen LogP contribution in [0.2, 0.25) is 0 Å². The van der Waals surface area contributed by atoms with Crippen molar-refractivity contribution in [3.8, 4) is 34.3 Å². The van der Waals surface area contributed by atoms with E-state index in [9.17, 15) is 66.1 Å². The zero-order chi connectivity index (χ0) is 38.5. The molecule has 1 aromatic heterocycles. The van der Waals surface area contributed by atoms with Gasteiger partial charge in [0.1, 0.15) is 89.3 Å². The maximum absolute atomic E-state index is 14.0. The lowest BCUT2D eigenvalue weighted by atomic mass is 9.97. The quantitative estimate of drug-likeness (QED) is 0.100. The van der Waals surface area contributed by atoms with Crippen molar-refractivity contribution >= 4 is 11.0 Å². The number of hydrogen-bond acceptors (Lipinski definition) is 20. The lowest BCUT2D eigenvalue weighted by Crippen LogP contribution is -2.65. The summed E-state index contributed by atoms with van der Waals surface area (Å²) in [6, 6.07) is 7.08. The molecule has 20 heteroatoms. The van der Waals surface area contributed by atoms with Gasteiger partial charge in [-0.1, -0.05) is 0 Å². The second-order valence-electron chi connectivity index (χ2n) is 12.9. The van der Waals surface area contributed by atoms with Gasteiger partial charge >= 0.3 is 0 Å². The first-order chi connectivity index (χ1) is 25.1. The highest BCUT2D eigenvalue weighted by molar-refractivity contribution is 5.88. The fourth-order valence-corrected chi connectivity index (χ4v) is 6.25. The van der Waals surface area contributed by atoms with Crippen molar-refractivity contribution in [3.63, 3.8) is 0 Å². The van der Waals surface area contributed by atoms with E-state index in [-0.39, 0.29) is 22.7 Å². The van der Waals surface area contributed by atoms with Crippen molar-refractivity contribution in [3.05, 3.63) is 46.6 Å². The van der Waals surface area contributed by atoms with Crippen molar-refractivity contribution in [1.29, 1.82) is 0 Å². The minimum Gasteiger partial charge on any atom is -0.508 e. The molecule has 0 bridgehead atoms. The van der Waals surface area contributed by atoms with E-state index in [1.54, 1.807) is 0 Å². The van der Waals surface area contributed by atoms with Gasteiger partial charge in [0.15, 0.2) is 24.4 Å². The Kier molecular flexibility index (Phi) is 11.5. The number of aliphatic hydroxyl groups is 9. The number of hydrogen-bond donors (Lipinski definition) is 12. The van der Waals surface area contributed by atoms with Crippen LogP contribution in [0.1, 0.15) is 6.92 Å². The fourth-order valence-electron chi connectivity index (χ4n) is 6.25. The summed E-state index contributed by atoms with van der Waals surface area (Å²) in [5.41, 5.74) is -1.21. The van der Waals surface area contributed by atoms with Gasteiger partial charge in [-0.25, -0.2) is 0 Å². The predicted octanol–water partition coefficient (Wildman–Crippen LogP) is -3.57. The molecule has 3 aliphatic heterocycles. The number of fused-ring (bicyclic) bond motifs is 1. The molecule has 2 aromatic carbocycles. The Labute approximate surface area is 298 Å². The molecule has 0 radical (unpaired) electrons. The number of phenols is 3. The van der Waals surface area contributed by atoms with Crippen LogP contribution in [0.4, 0.5) is 0 Å². The average Bonchev–Trinajstić information content (AvgIpc) is 3.12. The van der Waals surface area contributed by atoms with Crippen LogP contribution in [-0.2, 0) is 23.7 Å². The molecule has 6 rings (SSSR count). The third kappa shape index (κ3) is 7.52. The second-order valence-corrected chi connectivity index (χ2v) is 12.9. The summed E-state index contributed by atoms with van der Waals surface area (Å²) in [5.74, 6) is -2.36. The summed E-state index contributed by atoms with van der Waals surface area (Å²) < 4.78 is 40.0. The summed E-state index contributed by atoms with van der Waals surface area (Å²) in [7, 11) is 0. The molecule has 0 saturated carbocycles. The standard InChI is InChI=1S/C33H40O20/c1-10-19(38)23(42)27(46)32(48-10)53-30-25(44)21(40)17(9-47-31-26(45)24(43)20(39)16(8-34)50-31)51-33(30)52-29-22(41)18-14(37)6-13(36)7-15(18)49-28(29)11-2-4-12(35)5-3-11/h2-7,10,16-17,19-21,23-27,30-40,42-46H,8-9H2,1H3/t10-,16-,17-,19-,20-,21-,23+,24+,25+,26-,27+,30-,31-,32-,33+/m1/s1. The molecule has 0 aliphatic carbocycles. The number of ether oxygens (including phenoxy) is 6. The molecule has 0 spiro atoms. The number of rotatable bonds is 9. The third-order valence-electron chi connectivity index (χ3n) is 9.30. The van der Waals surface area contributed by atoms with Crippen LogP contribution < -0.4 is 10.2 Å². The molecule has 12 N–H and O–H groups in total. The van der Waals surface area contributed by atoms with E-state index < -0.39 is 133 Å². The van der Waals surface area contributed by atoms with Gasteiger partial charge in [0, 0.05) is 17.7 Å². The van der Waals surface area contributed by atoms with Gasteiger partial charge in [0.05, 0.1) is 19.3 Å². The van der Waals surface area contributed by atoms with E-state index in [1.165, 1.54) is 31.2 Å². The molecule has 3 saturated heterocycles. The SMILES string of the molecule is C[C@H]1O[C@H](O[C@H]2[C@H](Oc3c(-c4ccc(O)cc4)oc4cc(O)cc(O)c4c3=O)O[C@H](CO[C@@H]3O[C@H](CO)[C@@H](O)[C@H](O)[C@H]3O)[C@@H](O)[C@@H]2O)[C@@H](O)[C@@H](O)[C@@H]1O. The molecule has 0 unspecified atom stereocenters. The Bertz CT molecular complexity index is 1780. The molecule has 53 heavy (non-hydrogen) atoms. The summed E-state index contributed by atoms with van der Waals surface area (Å²) in [6.45, 7) is -0.157. The van der Waals surface area contributed by atoms with Gasteiger partial charge in [0.2, 0.25) is 17.5 Å².